The van der Waals surface area contributed by atoms with Gasteiger partial charge in [0.25, 0.3) is 0 Å². The summed E-state index contributed by atoms with van der Waals surface area (Å²) in [5.41, 5.74) is 2.26. The fourth-order valence-corrected chi connectivity index (χ4v) is 6.05. The molecule has 0 bridgehead atoms. The molecule has 0 aromatic heterocycles. The molecule has 6 heteroatoms. The average Bonchev–Trinajstić information content (AvgIpc) is 2.98. The molecule has 4 rings (SSSR count). The van der Waals surface area contributed by atoms with Gasteiger partial charge in [0.1, 0.15) is 5.60 Å². The Hall–Kier alpha value is -2.41. The van der Waals surface area contributed by atoms with Gasteiger partial charge in [-0.3, -0.25) is 0 Å². The summed E-state index contributed by atoms with van der Waals surface area (Å²) < 4.78 is 5.52. The first-order valence-corrected chi connectivity index (χ1v) is 15.9. The van der Waals surface area contributed by atoms with E-state index in [2.05, 4.69) is 98.2 Å². The van der Waals surface area contributed by atoms with Crippen molar-refractivity contribution in [2.45, 2.75) is 104 Å². The van der Waals surface area contributed by atoms with Gasteiger partial charge in [0.15, 0.2) is 0 Å². The topological polar surface area (TPSA) is 65.6 Å². The van der Waals surface area contributed by atoms with Gasteiger partial charge in [0, 0.05) is 37.3 Å². The van der Waals surface area contributed by atoms with E-state index in [1.54, 1.807) is 0 Å². The molecule has 2 saturated heterocycles. The van der Waals surface area contributed by atoms with Crippen LogP contribution >= 0.6 is 0 Å². The lowest BCUT2D eigenvalue weighted by Gasteiger charge is -2.40. The third-order valence-electron chi connectivity index (χ3n) is 8.57. The monoisotopic (exact) mass is 564 g/mol. The van der Waals surface area contributed by atoms with E-state index in [1.165, 1.54) is 24.0 Å². The highest BCUT2D eigenvalue weighted by Gasteiger charge is 2.33. The minimum atomic E-state index is -0.435. The van der Waals surface area contributed by atoms with Crippen LogP contribution in [-0.2, 0) is 4.74 Å². The first-order valence-electron chi connectivity index (χ1n) is 15.9. The van der Waals surface area contributed by atoms with Gasteiger partial charge in [-0.2, -0.15) is 0 Å². The number of carbonyl (C=O) groups excluding carboxylic acids is 1. The van der Waals surface area contributed by atoms with Crippen molar-refractivity contribution >= 4 is 6.09 Å². The van der Waals surface area contributed by atoms with Crippen molar-refractivity contribution in [2.75, 3.05) is 26.2 Å². The molecule has 3 N–H and O–H groups in total. The van der Waals surface area contributed by atoms with Crippen LogP contribution < -0.4 is 16.0 Å². The maximum Gasteiger partial charge on any atom is 0.410 e. The number of benzene rings is 2. The van der Waals surface area contributed by atoms with Gasteiger partial charge in [-0.1, -0.05) is 87.4 Å². The maximum atomic E-state index is 12.3. The highest BCUT2D eigenvalue weighted by atomic mass is 16.6. The van der Waals surface area contributed by atoms with Crippen LogP contribution in [0.4, 0.5) is 4.79 Å². The van der Waals surface area contributed by atoms with Crippen molar-refractivity contribution in [3.8, 4) is 0 Å². The van der Waals surface area contributed by atoms with Crippen LogP contribution in [-0.4, -0.2) is 54.9 Å². The molecule has 228 valence electrons. The number of hydrogen-bond donors (Lipinski definition) is 3. The fraction of sp³-hybridized carbons (Fsp3) is 0.629. The summed E-state index contributed by atoms with van der Waals surface area (Å²) in [5.74, 6) is 1.23. The first kappa shape index (κ1) is 33.1. The van der Waals surface area contributed by atoms with E-state index in [4.69, 9.17) is 4.74 Å². The molecule has 41 heavy (non-hydrogen) atoms. The molecule has 2 aromatic rings. The molecule has 0 aliphatic carbocycles. The Morgan fingerprint density at radius 3 is 1.88 bits per heavy atom. The van der Waals surface area contributed by atoms with Crippen LogP contribution in [0.25, 0.3) is 0 Å². The molecular formula is C35H56N4O2. The van der Waals surface area contributed by atoms with Crippen LogP contribution in [0.3, 0.4) is 0 Å². The molecule has 0 radical (unpaired) electrons. The quantitative estimate of drug-likeness (QED) is 0.319. The van der Waals surface area contributed by atoms with Gasteiger partial charge in [-0.05, 0) is 83.5 Å². The number of ether oxygens (including phenoxy) is 1. The minimum Gasteiger partial charge on any atom is -0.444 e. The number of amides is 1. The Kier molecular flexibility index (Phi) is 13.1. The van der Waals surface area contributed by atoms with Crippen molar-refractivity contribution in [1.82, 2.24) is 20.9 Å². The Morgan fingerprint density at radius 2 is 1.39 bits per heavy atom. The van der Waals surface area contributed by atoms with Gasteiger partial charge in [0.05, 0.1) is 0 Å². The second-order valence-electron chi connectivity index (χ2n) is 12.9. The van der Waals surface area contributed by atoms with E-state index in [0.717, 1.165) is 44.9 Å². The predicted octanol–water partition coefficient (Wildman–Crippen LogP) is 7.10. The Morgan fingerprint density at radius 1 is 0.878 bits per heavy atom. The summed E-state index contributed by atoms with van der Waals surface area (Å²) >= 11 is 0. The second-order valence-corrected chi connectivity index (χ2v) is 12.9. The summed E-state index contributed by atoms with van der Waals surface area (Å²) in [6.07, 6.45) is 4.34. The molecule has 2 heterocycles. The number of likely N-dealkylation sites (tertiary alicyclic amines) is 1. The molecule has 6 nitrogen and oxygen atoms in total. The normalized spacial score (nSPS) is 24.5. The summed E-state index contributed by atoms with van der Waals surface area (Å²) in [5, 5.41) is 11.0. The van der Waals surface area contributed by atoms with E-state index < -0.39 is 5.60 Å². The standard InChI is InChI=1S/C20H32N2O2.C15H24N2/c1-6-16-14-22(19(23)24-20(3,4)5)13-12-18(16)21-15(2)17-10-8-7-9-11-17;1-3-13-11-16-10-9-15(13)17-12(2)14-7-5-4-6-8-14/h7-11,15-16,18,21H,6,12-14H2,1-5H3;4-8,12-13,15-17H,3,9-11H2,1-2H3/t15-,16+,18+;12-,13+,15+/m00/s1. The number of rotatable bonds is 8. The van der Waals surface area contributed by atoms with Gasteiger partial charge in [-0.15, -0.1) is 0 Å². The van der Waals surface area contributed by atoms with Crippen LogP contribution in [0.15, 0.2) is 60.7 Å². The van der Waals surface area contributed by atoms with Gasteiger partial charge in [-0.25, -0.2) is 4.79 Å². The van der Waals surface area contributed by atoms with E-state index in [0.29, 0.717) is 30.1 Å². The molecule has 2 aromatic carbocycles. The number of hydrogen-bond acceptors (Lipinski definition) is 5. The average molecular weight is 565 g/mol. The Bertz CT molecular complexity index is 1010. The van der Waals surface area contributed by atoms with Crippen molar-refractivity contribution in [1.29, 1.82) is 0 Å². The zero-order chi connectivity index (χ0) is 29.8. The zero-order valence-electron chi connectivity index (χ0n) is 26.7. The predicted molar refractivity (Wildman–Crippen MR) is 171 cm³/mol. The highest BCUT2D eigenvalue weighted by Crippen LogP contribution is 2.25. The SMILES string of the molecule is CC[C@@H]1CN(C(=O)OC(C)(C)C)CC[C@H]1N[C@@H](C)c1ccccc1.CC[C@@H]1CNCC[C@H]1N[C@@H](C)c1ccccc1. The largest absolute Gasteiger partial charge is 0.444 e. The Labute approximate surface area is 250 Å². The highest BCUT2D eigenvalue weighted by molar-refractivity contribution is 5.68. The van der Waals surface area contributed by atoms with Gasteiger partial charge in [0.2, 0.25) is 0 Å². The number of carbonyl (C=O) groups is 1. The molecule has 0 saturated carbocycles. The van der Waals surface area contributed by atoms with Crippen LogP contribution in [0.5, 0.6) is 0 Å². The lowest BCUT2D eigenvalue weighted by Crippen LogP contribution is -2.52. The molecular weight excluding hydrogens is 508 g/mol. The second kappa shape index (κ2) is 16.3. The minimum absolute atomic E-state index is 0.185. The van der Waals surface area contributed by atoms with Crippen LogP contribution in [0, 0.1) is 11.8 Å². The lowest BCUT2D eigenvalue weighted by atomic mass is 9.89. The maximum absolute atomic E-state index is 12.3. The van der Waals surface area contributed by atoms with Crippen molar-refractivity contribution < 1.29 is 9.53 Å². The third kappa shape index (κ3) is 10.7. The van der Waals surface area contributed by atoms with Gasteiger partial charge >= 0.3 is 6.09 Å². The molecule has 2 fully saturated rings. The Balaban J connectivity index is 0.000000239. The summed E-state index contributed by atoms with van der Waals surface area (Å²) in [7, 11) is 0. The fourth-order valence-electron chi connectivity index (χ4n) is 6.05. The number of piperidine rings is 2. The van der Waals surface area contributed by atoms with Crippen molar-refractivity contribution in [3.05, 3.63) is 71.8 Å². The summed E-state index contributed by atoms with van der Waals surface area (Å²) in [4.78, 5) is 14.2. The van der Waals surface area contributed by atoms with Gasteiger partial charge < -0.3 is 25.6 Å². The lowest BCUT2D eigenvalue weighted by molar-refractivity contribution is 0.0124. The zero-order valence-corrected chi connectivity index (χ0v) is 26.7. The van der Waals surface area contributed by atoms with E-state index in [9.17, 15) is 4.79 Å². The number of nitrogens with zero attached hydrogens (tertiary/aromatic N) is 1. The molecule has 2 aliphatic heterocycles. The molecule has 0 spiro atoms. The third-order valence-corrected chi connectivity index (χ3v) is 8.57. The molecule has 6 atom stereocenters. The van der Waals surface area contributed by atoms with E-state index in [1.807, 2.05) is 31.7 Å². The summed E-state index contributed by atoms with van der Waals surface area (Å²) in [6, 6.07) is 23.1. The van der Waals surface area contributed by atoms with Crippen molar-refractivity contribution in [2.24, 2.45) is 11.8 Å². The number of nitrogens with one attached hydrogen (secondary N) is 3. The van der Waals surface area contributed by atoms with Crippen LogP contribution in [0.1, 0.15) is 97.4 Å². The smallest absolute Gasteiger partial charge is 0.410 e. The van der Waals surface area contributed by atoms with Crippen LogP contribution in [0.2, 0.25) is 0 Å². The molecule has 0 unspecified atom stereocenters. The van der Waals surface area contributed by atoms with Crippen molar-refractivity contribution in [3.63, 3.8) is 0 Å². The molecule has 2 aliphatic rings. The summed E-state index contributed by atoms with van der Waals surface area (Å²) in [6.45, 7) is 18.5. The first-order chi connectivity index (χ1) is 19.6. The molecule has 1 amide bonds. The van der Waals surface area contributed by atoms with E-state index in [-0.39, 0.29) is 6.09 Å². The van der Waals surface area contributed by atoms with E-state index >= 15 is 0 Å².